The summed E-state index contributed by atoms with van der Waals surface area (Å²) in [5.41, 5.74) is 5.54. The number of carbonyl (C=O) groups is 1. The molecule has 4 rings (SSSR count). The summed E-state index contributed by atoms with van der Waals surface area (Å²) in [6, 6.07) is 20.5. The number of aliphatic hydroxyl groups excluding tert-OH is 1. The average molecular weight is 612 g/mol. The van der Waals surface area contributed by atoms with Crippen molar-refractivity contribution in [2.24, 2.45) is 4.99 Å². The first-order valence-corrected chi connectivity index (χ1v) is 15.5. The maximum absolute atomic E-state index is 13.8. The third kappa shape index (κ3) is 7.64. The number of nitrogens with one attached hydrogen (secondary N) is 2. The number of methoxy groups -OCH3 is 2. The van der Waals surface area contributed by atoms with E-state index in [-0.39, 0.29) is 36.1 Å². The number of carbonyl (C=O) groups excluding carboxylic acids is 1. The van der Waals surface area contributed by atoms with Crippen molar-refractivity contribution < 1.29 is 37.3 Å². The molecule has 0 radical (unpaired) electrons. The van der Waals surface area contributed by atoms with Gasteiger partial charge in [-0.1, -0.05) is 24.3 Å². The average Bonchev–Trinajstić information content (AvgIpc) is 3.37. The van der Waals surface area contributed by atoms with E-state index >= 15 is 0 Å². The molecule has 0 saturated carbocycles. The van der Waals surface area contributed by atoms with Crippen LogP contribution in [0.2, 0.25) is 0 Å². The Morgan fingerprint density at radius 2 is 1.74 bits per heavy atom. The van der Waals surface area contributed by atoms with Gasteiger partial charge in [-0.25, -0.2) is 18.8 Å². The lowest BCUT2D eigenvalue weighted by Crippen LogP contribution is -2.55. The number of benzene rings is 3. The van der Waals surface area contributed by atoms with E-state index in [1.165, 1.54) is 12.1 Å². The second-order valence-corrected chi connectivity index (χ2v) is 12.0. The number of ether oxygens (including phenoxy) is 4. The normalized spacial score (nSPS) is 18.0. The predicted molar refractivity (Wildman–Crippen MR) is 161 cm³/mol. The predicted octanol–water partition coefficient (Wildman–Crippen LogP) is 3.05. The van der Waals surface area contributed by atoms with Crippen molar-refractivity contribution >= 4 is 21.6 Å². The summed E-state index contributed by atoms with van der Waals surface area (Å²) >= 11 is 0. The van der Waals surface area contributed by atoms with Gasteiger partial charge in [-0.15, -0.1) is 0 Å². The number of aliphatic imine (C=N–C) groups is 1. The Morgan fingerprint density at radius 1 is 1.02 bits per heavy atom. The molecule has 0 fully saturated rings. The molecule has 1 aliphatic rings. The molecule has 0 aliphatic carbocycles. The summed E-state index contributed by atoms with van der Waals surface area (Å²) in [6.07, 6.45) is -0.364. The second-order valence-electron chi connectivity index (χ2n) is 9.93. The van der Waals surface area contributed by atoms with Gasteiger partial charge in [-0.2, -0.15) is 0 Å². The molecular weight excluding hydrogens is 574 g/mol. The Labute approximate surface area is 251 Å². The van der Waals surface area contributed by atoms with Crippen LogP contribution < -0.4 is 25.1 Å². The first kappa shape index (κ1) is 31.8. The molecule has 12 heteroatoms. The van der Waals surface area contributed by atoms with Gasteiger partial charge in [0.05, 0.1) is 31.5 Å². The van der Waals surface area contributed by atoms with Crippen LogP contribution in [0.15, 0.2) is 82.7 Å². The van der Waals surface area contributed by atoms with Crippen LogP contribution in [0.25, 0.3) is 0 Å². The van der Waals surface area contributed by atoms with E-state index < -0.39 is 27.4 Å². The molecule has 0 bridgehead atoms. The van der Waals surface area contributed by atoms with Crippen molar-refractivity contribution in [2.45, 2.75) is 42.8 Å². The lowest BCUT2D eigenvalue weighted by atomic mass is 9.90. The van der Waals surface area contributed by atoms with Crippen LogP contribution in [0.3, 0.4) is 0 Å². The Bertz CT molecular complexity index is 1510. The summed E-state index contributed by atoms with van der Waals surface area (Å²) in [5.74, 6) is 1.12. The van der Waals surface area contributed by atoms with Crippen LogP contribution in [0.4, 0.5) is 0 Å². The summed E-state index contributed by atoms with van der Waals surface area (Å²) in [4.78, 5) is 18.7. The zero-order chi connectivity index (χ0) is 30.9. The summed E-state index contributed by atoms with van der Waals surface area (Å²) in [7, 11) is -0.614. The number of hydrazine groups is 1. The maximum Gasteiger partial charge on any atom is 0.266 e. The van der Waals surface area contributed by atoms with E-state index in [0.29, 0.717) is 35.8 Å². The summed E-state index contributed by atoms with van der Waals surface area (Å²) in [6.45, 7) is 2.37. The highest BCUT2D eigenvalue weighted by Gasteiger charge is 2.50. The SMILES string of the molecule is COc1ccc(CNNC(=O)[C@@]2(CCS(=O)(=O)c3ccccc3)N=C(c3ccc(OCCCO)cc3)O[C@H]2C)cc1OC. The molecule has 0 aromatic heterocycles. The summed E-state index contributed by atoms with van der Waals surface area (Å²) in [5, 5.41) is 8.97. The number of hydrogen-bond acceptors (Lipinski definition) is 10. The molecule has 3 aromatic carbocycles. The van der Waals surface area contributed by atoms with Gasteiger partial charge in [0.15, 0.2) is 26.9 Å². The van der Waals surface area contributed by atoms with Crippen LogP contribution in [0.5, 0.6) is 17.2 Å². The minimum absolute atomic E-state index is 0.0356. The van der Waals surface area contributed by atoms with Crippen molar-refractivity contribution in [3.63, 3.8) is 0 Å². The van der Waals surface area contributed by atoms with Crippen molar-refractivity contribution in [1.29, 1.82) is 0 Å². The molecule has 2 atom stereocenters. The molecule has 0 unspecified atom stereocenters. The van der Waals surface area contributed by atoms with Gasteiger partial charge >= 0.3 is 0 Å². The van der Waals surface area contributed by atoms with Gasteiger partial charge in [0, 0.05) is 25.1 Å². The third-order valence-electron chi connectivity index (χ3n) is 7.12. The van der Waals surface area contributed by atoms with Crippen molar-refractivity contribution in [1.82, 2.24) is 10.9 Å². The van der Waals surface area contributed by atoms with Gasteiger partial charge < -0.3 is 24.1 Å². The number of nitrogens with zero attached hydrogens (tertiary/aromatic N) is 1. The quantitative estimate of drug-likeness (QED) is 0.174. The monoisotopic (exact) mass is 611 g/mol. The Balaban J connectivity index is 1.56. The van der Waals surface area contributed by atoms with Crippen molar-refractivity contribution in [2.75, 3.05) is 33.2 Å². The Hall–Kier alpha value is -4.13. The van der Waals surface area contributed by atoms with Crippen LogP contribution in [-0.4, -0.2) is 70.2 Å². The molecule has 230 valence electrons. The minimum Gasteiger partial charge on any atom is -0.494 e. The second kappa shape index (κ2) is 14.4. The van der Waals surface area contributed by atoms with Gasteiger partial charge in [-0.05, 0) is 67.4 Å². The molecule has 1 heterocycles. The zero-order valence-electron chi connectivity index (χ0n) is 24.4. The van der Waals surface area contributed by atoms with Crippen LogP contribution in [0, 0.1) is 0 Å². The van der Waals surface area contributed by atoms with E-state index in [4.69, 9.17) is 29.0 Å². The van der Waals surface area contributed by atoms with E-state index in [0.717, 1.165) is 5.56 Å². The molecule has 0 spiro atoms. The summed E-state index contributed by atoms with van der Waals surface area (Å²) < 4.78 is 48.7. The smallest absolute Gasteiger partial charge is 0.266 e. The molecule has 1 amide bonds. The lowest BCUT2D eigenvalue weighted by molar-refractivity contribution is -0.129. The fourth-order valence-corrected chi connectivity index (χ4v) is 6.00. The van der Waals surface area contributed by atoms with E-state index in [1.54, 1.807) is 75.7 Å². The van der Waals surface area contributed by atoms with Crippen LogP contribution in [-0.2, 0) is 25.9 Å². The fourth-order valence-electron chi connectivity index (χ4n) is 4.61. The Kier molecular flexibility index (Phi) is 10.6. The molecule has 1 aliphatic heterocycles. The van der Waals surface area contributed by atoms with Crippen LogP contribution >= 0.6 is 0 Å². The molecule has 11 nitrogen and oxygen atoms in total. The van der Waals surface area contributed by atoms with E-state index in [1.807, 2.05) is 6.07 Å². The fraction of sp³-hybridized carbons (Fsp3) is 0.355. The van der Waals surface area contributed by atoms with Crippen LogP contribution in [0.1, 0.15) is 30.9 Å². The molecular formula is C31H37N3O8S. The number of aliphatic hydroxyl groups is 1. The van der Waals surface area contributed by atoms with Crippen molar-refractivity contribution in [3.8, 4) is 17.2 Å². The highest BCUT2D eigenvalue weighted by Crippen LogP contribution is 2.34. The highest BCUT2D eigenvalue weighted by atomic mass is 32.2. The van der Waals surface area contributed by atoms with Gasteiger partial charge in [0.25, 0.3) is 5.91 Å². The number of rotatable bonds is 15. The zero-order valence-corrected chi connectivity index (χ0v) is 25.2. The van der Waals surface area contributed by atoms with Gasteiger partial charge in [0.1, 0.15) is 11.9 Å². The maximum atomic E-state index is 13.8. The molecule has 43 heavy (non-hydrogen) atoms. The van der Waals surface area contributed by atoms with E-state index in [2.05, 4.69) is 10.9 Å². The number of amides is 1. The third-order valence-corrected chi connectivity index (χ3v) is 8.86. The highest BCUT2D eigenvalue weighted by molar-refractivity contribution is 7.91. The Morgan fingerprint density at radius 3 is 2.42 bits per heavy atom. The van der Waals surface area contributed by atoms with Gasteiger partial charge in [-0.3, -0.25) is 10.2 Å². The van der Waals surface area contributed by atoms with E-state index in [9.17, 15) is 13.2 Å². The van der Waals surface area contributed by atoms with Crippen molar-refractivity contribution in [3.05, 3.63) is 83.9 Å². The van der Waals surface area contributed by atoms with Gasteiger partial charge in [0.2, 0.25) is 5.90 Å². The topological polar surface area (TPSA) is 145 Å². The largest absolute Gasteiger partial charge is 0.494 e. The molecule has 3 aromatic rings. The minimum atomic E-state index is -3.70. The molecule has 0 saturated heterocycles. The first-order chi connectivity index (χ1) is 20.7. The number of hydrogen-bond donors (Lipinski definition) is 3. The lowest BCUT2D eigenvalue weighted by Gasteiger charge is -2.28. The molecule has 3 N–H and O–H groups in total. The first-order valence-electron chi connectivity index (χ1n) is 13.8. The standard InChI is InChI=1S/C31H37N3O8S/c1-22-31(16-19-43(37,38)26-8-5-4-6-9-26,30(36)34-32-21-23-10-15-27(39-2)28(20-23)40-3)33-29(42-22)24-11-13-25(14-12-24)41-18-7-17-35/h4-6,8-15,20,22,32,35H,7,16-19,21H2,1-3H3,(H,34,36)/t22-,31-/m0/s1. The number of sulfone groups is 1.